The highest BCUT2D eigenvalue weighted by Gasteiger charge is 2.67. The number of alkyl halides is 2. The molecule has 4 nitrogen and oxygen atoms in total. The van der Waals surface area contributed by atoms with Gasteiger partial charge in [-0.2, -0.15) is 0 Å². The van der Waals surface area contributed by atoms with E-state index < -0.39 is 9.75 Å². The highest BCUT2D eigenvalue weighted by Crippen LogP contribution is 2.63. The predicted molar refractivity (Wildman–Crippen MR) is 82.5 cm³/mol. The molecule has 1 aliphatic carbocycles. The van der Waals surface area contributed by atoms with Crippen molar-refractivity contribution < 1.29 is 9.18 Å². The summed E-state index contributed by atoms with van der Waals surface area (Å²) in [6, 6.07) is 4.78. The van der Waals surface area contributed by atoms with E-state index >= 15 is 0 Å². The number of imidazole rings is 1. The van der Waals surface area contributed by atoms with Crippen LogP contribution in [0.5, 0.6) is 0 Å². The molecular formula is C15H14Cl2FN3O. The Bertz CT molecular complexity index is 718. The van der Waals surface area contributed by atoms with Gasteiger partial charge in [0.15, 0.2) is 0 Å². The summed E-state index contributed by atoms with van der Waals surface area (Å²) in [6.07, 6.45) is 5.18. The molecule has 1 atom stereocenters. The van der Waals surface area contributed by atoms with Crippen LogP contribution in [0.3, 0.4) is 0 Å². The lowest BCUT2D eigenvalue weighted by Crippen LogP contribution is -2.32. The maximum atomic E-state index is 14.1. The quantitative estimate of drug-likeness (QED) is 0.868. The van der Waals surface area contributed by atoms with Gasteiger partial charge in [-0.3, -0.25) is 4.79 Å². The van der Waals surface area contributed by atoms with E-state index in [1.54, 1.807) is 36.0 Å². The monoisotopic (exact) mass is 341 g/mol. The zero-order valence-electron chi connectivity index (χ0n) is 11.8. The van der Waals surface area contributed by atoms with Crippen molar-refractivity contribution in [3.63, 3.8) is 0 Å². The summed E-state index contributed by atoms with van der Waals surface area (Å²) in [5, 5.41) is 2.74. The first-order chi connectivity index (χ1) is 10.3. The zero-order chi connectivity index (χ0) is 16.0. The Hall–Kier alpha value is -1.59. The molecule has 0 spiro atoms. The van der Waals surface area contributed by atoms with Crippen molar-refractivity contribution in [3.05, 3.63) is 48.3 Å². The van der Waals surface area contributed by atoms with Crippen LogP contribution in [0.2, 0.25) is 0 Å². The van der Waals surface area contributed by atoms with Gasteiger partial charge in [0.2, 0.25) is 5.91 Å². The molecule has 2 aromatic rings. The third-order valence-electron chi connectivity index (χ3n) is 4.01. The van der Waals surface area contributed by atoms with E-state index in [-0.39, 0.29) is 18.3 Å². The van der Waals surface area contributed by atoms with Crippen LogP contribution in [0.1, 0.15) is 18.9 Å². The van der Waals surface area contributed by atoms with Crippen LogP contribution in [0.15, 0.2) is 36.9 Å². The Morgan fingerprint density at radius 1 is 1.50 bits per heavy atom. The topological polar surface area (TPSA) is 46.9 Å². The van der Waals surface area contributed by atoms with Crippen LogP contribution in [0.25, 0.3) is 5.69 Å². The molecule has 1 heterocycles. The second-order valence-corrected chi connectivity index (χ2v) is 7.14. The Balaban J connectivity index is 1.67. The smallest absolute Gasteiger partial charge is 0.229 e. The first-order valence-electron chi connectivity index (χ1n) is 6.76. The van der Waals surface area contributed by atoms with E-state index in [2.05, 4.69) is 10.3 Å². The molecule has 1 aliphatic rings. The normalized spacial score (nSPS) is 22.4. The number of hydrogen-bond donors (Lipinski definition) is 1. The summed E-state index contributed by atoms with van der Waals surface area (Å²) in [4.78, 5) is 16.0. The molecule has 1 amide bonds. The number of nitrogens with one attached hydrogen (secondary N) is 1. The summed E-state index contributed by atoms with van der Waals surface area (Å²) in [6.45, 7) is 1.93. The Morgan fingerprint density at radius 3 is 2.77 bits per heavy atom. The Labute approximate surface area is 137 Å². The first-order valence-corrected chi connectivity index (χ1v) is 7.52. The lowest BCUT2D eigenvalue weighted by Gasteiger charge is -2.13. The molecule has 0 aliphatic heterocycles. The fourth-order valence-electron chi connectivity index (χ4n) is 2.30. The van der Waals surface area contributed by atoms with Crippen LogP contribution in [-0.2, 0) is 11.3 Å². The maximum absolute atomic E-state index is 14.1. The molecule has 116 valence electrons. The molecule has 1 aromatic heterocycles. The number of aromatic nitrogens is 2. The SMILES string of the molecule is C[C@]1(C(=O)NCc2ccc(-n3ccnc3)c(F)c2)CC1(Cl)Cl. The molecule has 0 radical (unpaired) electrons. The van der Waals surface area contributed by atoms with Crippen molar-refractivity contribution in [2.75, 3.05) is 0 Å². The van der Waals surface area contributed by atoms with Gasteiger partial charge in [0.05, 0.1) is 17.4 Å². The molecule has 1 fully saturated rings. The molecule has 22 heavy (non-hydrogen) atoms. The highest BCUT2D eigenvalue weighted by molar-refractivity contribution is 6.53. The van der Waals surface area contributed by atoms with Gasteiger partial charge >= 0.3 is 0 Å². The molecular weight excluding hydrogens is 328 g/mol. The largest absolute Gasteiger partial charge is 0.351 e. The summed E-state index contributed by atoms with van der Waals surface area (Å²) >= 11 is 11.9. The third kappa shape index (κ3) is 2.59. The van der Waals surface area contributed by atoms with E-state index in [1.165, 1.54) is 12.4 Å². The van der Waals surface area contributed by atoms with Gasteiger partial charge < -0.3 is 9.88 Å². The molecule has 0 bridgehead atoms. The van der Waals surface area contributed by atoms with Gasteiger partial charge in [0.25, 0.3) is 0 Å². The average Bonchev–Trinajstić information content (AvgIpc) is 2.85. The van der Waals surface area contributed by atoms with Crippen LogP contribution < -0.4 is 5.32 Å². The number of halogens is 3. The summed E-state index contributed by atoms with van der Waals surface area (Å²) in [7, 11) is 0. The highest BCUT2D eigenvalue weighted by atomic mass is 35.5. The van der Waals surface area contributed by atoms with Gasteiger partial charge in [-0.1, -0.05) is 6.07 Å². The van der Waals surface area contributed by atoms with Crippen LogP contribution in [0, 0.1) is 11.2 Å². The molecule has 7 heteroatoms. The van der Waals surface area contributed by atoms with Crippen molar-refractivity contribution >= 4 is 29.1 Å². The number of rotatable bonds is 4. The van der Waals surface area contributed by atoms with E-state index in [0.717, 1.165) is 0 Å². The average molecular weight is 342 g/mol. The van der Waals surface area contributed by atoms with Crippen molar-refractivity contribution in [1.29, 1.82) is 0 Å². The van der Waals surface area contributed by atoms with E-state index in [1.807, 2.05) is 0 Å². The third-order valence-corrected chi connectivity index (χ3v) is 5.11. The number of amides is 1. The van der Waals surface area contributed by atoms with Crippen LogP contribution in [0.4, 0.5) is 4.39 Å². The minimum absolute atomic E-state index is 0.222. The van der Waals surface area contributed by atoms with Crippen molar-refractivity contribution in [1.82, 2.24) is 14.9 Å². The van der Waals surface area contributed by atoms with Crippen molar-refractivity contribution in [2.45, 2.75) is 24.2 Å². The number of carbonyl (C=O) groups excluding carboxylic acids is 1. The Morgan fingerprint density at radius 2 is 2.23 bits per heavy atom. The molecule has 1 N–H and O–H groups in total. The maximum Gasteiger partial charge on any atom is 0.229 e. The lowest BCUT2D eigenvalue weighted by molar-refractivity contribution is -0.125. The second-order valence-electron chi connectivity index (χ2n) is 5.65. The van der Waals surface area contributed by atoms with E-state index in [0.29, 0.717) is 17.7 Å². The van der Waals surface area contributed by atoms with Gasteiger partial charge in [0.1, 0.15) is 10.2 Å². The van der Waals surface area contributed by atoms with Crippen LogP contribution in [-0.4, -0.2) is 19.8 Å². The zero-order valence-corrected chi connectivity index (χ0v) is 13.3. The lowest BCUT2D eigenvalue weighted by atomic mass is 10.1. The fourth-order valence-corrected chi connectivity index (χ4v) is 3.00. The summed E-state index contributed by atoms with van der Waals surface area (Å²) < 4.78 is 14.7. The standard InChI is InChI=1S/C15H14Cl2FN3O/c1-14(8-15(14,16)17)13(22)20-7-10-2-3-12(11(18)6-10)21-5-4-19-9-21/h2-6,9H,7-8H2,1H3,(H,20,22)/t14-/m1/s1. The van der Waals surface area contributed by atoms with E-state index in [4.69, 9.17) is 23.2 Å². The minimum Gasteiger partial charge on any atom is -0.351 e. The van der Waals surface area contributed by atoms with Gasteiger partial charge in [0, 0.05) is 18.9 Å². The predicted octanol–water partition coefficient (Wildman–Crippen LogP) is 3.21. The second kappa shape index (κ2) is 5.25. The van der Waals surface area contributed by atoms with Crippen molar-refractivity contribution in [2.24, 2.45) is 5.41 Å². The van der Waals surface area contributed by atoms with Crippen LogP contribution >= 0.6 is 23.2 Å². The van der Waals surface area contributed by atoms with Gasteiger partial charge in [-0.05, 0) is 31.0 Å². The van der Waals surface area contributed by atoms with Gasteiger partial charge in [-0.25, -0.2) is 9.37 Å². The number of benzene rings is 1. The summed E-state index contributed by atoms with van der Waals surface area (Å²) in [5.74, 6) is -0.608. The Kier molecular flexibility index (Phi) is 3.65. The summed E-state index contributed by atoms with van der Waals surface area (Å²) in [5.41, 5.74) is 0.293. The molecule has 1 saturated carbocycles. The molecule has 1 aromatic carbocycles. The molecule has 0 unspecified atom stereocenters. The number of hydrogen-bond acceptors (Lipinski definition) is 2. The van der Waals surface area contributed by atoms with Gasteiger partial charge in [-0.15, -0.1) is 23.2 Å². The molecule has 3 rings (SSSR count). The number of nitrogens with zero attached hydrogens (tertiary/aromatic N) is 2. The van der Waals surface area contributed by atoms with E-state index in [9.17, 15) is 9.18 Å². The molecule has 0 saturated heterocycles. The fraction of sp³-hybridized carbons (Fsp3) is 0.333. The number of carbonyl (C=O) groups is 1. The first kappa shape index (κ1) is 15.3. The minimum atomic E-state index is -1.01. The van der Waals surface area contributed by atoms with Crippen molar-refractivity contribution in [3.8, 4) is 5.69 Å².